The molecule has 2 aromatic carbocycles. The lowest BCUT2D eigenvalue weighted by Gasteiger charge is -2.10. The maximum Gasteiger partial charge on any atom is 0.274 e. The molecule has 0 saturated carbocycles. The van der Waals surface area contributed by atoms with Crippen molar-refractivity contribution in [2.75, 3.05) is 5.32 Å². The zero-order valence-electron chi connectivity index (χ0n) is 18.5. The van der Waals surface area contributed by atoms with Gasteiger partial charge in [0.1, 0.15) is 6.33 Å². The molecule has 0 atom stereocenters. The molecule has 7 nitrogen and oxygen atoms in total. The van der Waals surface area contributed by atoms with Gasteiger partial charge in [-0.05, 0) is 29.7 Å². The van der Waals surface area contributed by atoms with Crippen molar-refractivity contribution >= 4 is 35.2 Å². The van der Waals surface area contributed by atoms with Gasteiger partial charge in [0.2, 0.25) is 5.91 Å². The standard InChI is InChI=1S/C25H25N5O2S/c1-18(2)15-29-17-26-25-27-20(14-24(32)30(25)29)16-33-22-11-7-6-10-21(22)28-23(31)13-12-19-8-4-3-5-9-19/h3-14,17-18H,15-16H2,1-2H3,(H,28,31). The Bertz CT molecular complexity index is 1340. The van der Waals surface area contributed by atoms with Gasteiger partial charge in [0.15, 0.2) is 0 Å². The molecule has 0 spiro atoms. The van der Waals surface area contributed by atoms with Crippen molar-refractivity contribution in [3.05, 3.63) is 94.7 Å². The van der Waals surface area contributed by atoms with E-state index >= 15 is 0 Å². The lowest BCUT2D eigenvalue weighted by molar-refractivity contribution is -0.111. The van der Waals surface area contributed by atoms with E-state index < -0.39 is 0 Å². The van der Waals surface area contributed by atoms with Crippen LogP contribution >= 0.6 is 11.8 Å². The van der Waals surface area contributed by atoms with Crippen LogP contribution in [0.25, 0.3) is 11.9 Å². The lowest BCUT2D eigenvalue weighted by Crippen LogP contribution is -2.22. The van der Waals surface area contributed by atoms with Gasteiger partial charge in [0.25, 0.3) is 11.3 Å². The minimum absolute atomic E-state index is 0.151. The quantitative estimate of drug-likeness (QED) is 0.310. The number of hydrogen-bond acceptors (Lipinski definition) is 5. The number of nitrogens with one attached hydrogen (secondary N) is 1. The first-order valence-corrected chi connectivity index (χ1v) is 11.7. The molecule has 0 aliphatic carbocycles. The number of benzene rings is 2. The molecule has 0 bridgehead atoms. The van der Waals surface area contributed by atoms with Crippen LogP contribution in [-0.2, 0) is 17.1 Å². The summed E-state index contributed by atoms with van der Waals surface area (Å²) in [6, 6.07) is 18.8. The van der Waals surface area contributed by atoms with Crippen molar-refractivity contribution in [3.8, 4) is 0 Å². The predicted octanol–water partition coefficient (Wildman–Crippen LogP) is 4.49. The fourth-order valence-corrected chi connectivity index (χ4v) is 4.24. The fraction of sp³-hybridized carbons (Fsp3) is 0.200. The number of rotatable bonds is 8. The molecule has 168 valence electrons. The van der Waals surface area contributed by atoms with E-state index in [0.29, 0.717) is 35.4 Å². The van der Waals surface area contributed by atoms with E-state index in [1.54, 1.807) is 23.2 Å². The van der Waals surface area contributed by atoms with Crippen molar-refractivity contribution in [3.63, 3.8) is 0 Å². The van der Waals surface area contributed by atoms with Crippen LogP contribution in [-0.4, -0.2) is 25.1 Å². The molecule has 4 aromatic rings. The Labute approximate surface area is 196 Å². The monoisotopic (exact) mass is 459 g/mol. The molecule has 0 aliphatic rings. The van der Waals surface area contributed by atoms with E-state index in [0.717, 1.165) is 10.5 Å². The Hall–Kier alpha value is -3.65. The first-order chi connectivity index (χ1) is 16.0. The van der Waals surface area contributed by atoms with Gasteiger partial charge in [-0.1, -0.05) is 56.3 Å². The second-order valence-electron chi connectivity index (χ2n) is 7.98. The van der Waals surface area contributed by atoms with Crippen LogP contribution in [0.1, 0.15) is 25.1 Å². The molecule has 0 radical (unpaired) electrons. The Morgan fingerprint density at radius 2 is 1.88 bits per heavy atom. The number of thioether (sulfide) groups is 1. The van der Waals surface area contributed by atoms with Crippen molar-refractivity contribution in [1.82, 2.24) is 19.2 Å². The van der Waals surface area contributed by atoms with Crippen LogP contribution in [0, 0.1) is 5.92 Å². The third-order valence-corrected chi connectivity index (χ3v) is 5.90. The molecular formula is C25H25N5O2S. The number of para-hydroxylation sites is 1. The van der Waals surface area contributed by atoms with E-state index in [4.69, 9.17) is 0 Å². The van der Waals surface area contributed by atoms with Crippen LogP contribution < -0.4 is 10.9 Å². The van der Waals surface area contributed by atoms with Gasteiger partial charge in [-0.25, -0.2) is 4.98 Å². The first kappa shape index (κ1) is 22.5. The van der Waals surface area contributed by atoms with Gasteiger partial charge in [-0.3, -0.25) is 14.3 Å². The molecule has 0 saturated heterocycles. The maximum atomic E-state index is 12.7. The van der Waals surface area contributed by atoms with E-state index in [2.05, 4.69) is 29.1 Å². The summed E-state index contributed by atoms with van der Waals surface area (Å²) >= 11 is 1.51. The summed E-state index contributed by atoms with van der Waals surface area (Å²) in [6.07, 6.45) is 4.94. The molecule has 2 heterocycles. The van der Waals surface area contributed by atoms with Crippen molar-refractivity contribution in [2.45, 2.75) is 31.0 Å². The summed E-state index contributed by atoms with van der Waals surface area (Å²) in [4.78, 5) is 34.8. The first-order valence-electron chi connectivity index (χ1n) is 10.7. The smallest absolute Gasteiger partial charge is 0.274 e. The van der Waals surface area contributed by atoms with Crippen LogP contribution in [0.15, 0.2) is 82.8 Å². The van der Waals surface area contributed by atoms with Gasteiger partial charge in [-0.2, -0.15) is 9.50 Å². The number of carbonyl (C=O) groups excluding carboxylic acids is 1. The molecule has 33 heavy (non-hydrogen) atoms. The molecule has 1 amide bonds. The number of nitrogens with zero attached hydrogens (tertiary/aromatic N) is 4. The van der Waals surface area contributed by atoms with Crippen LogP contribution in [0.5, 0.6) is 0 Å². The Balaban J connectivity index is 1.46. The highest BCUT2D eigenvalue weighted by atomic mass is 32.2. The SMILES string of the molecule is CC(C)Cn1cnc2nc(CSc3ccccc3NC(=O)C=Cc3ccccc3)cc(=O)n21. The average molecular weight is 460 g/mol. The molecule has 4 rings (SSSR count). The Kier molecular flexibility index (Phi) is 7.04. The van der Waals surface area contributed by atoms with E-state index in [1.807, 2.05) is 54.6 Å². The number of carbonyl (C=O) groups is 1. The number of aromatic nitrogens is 4. The fourth-order valence-electron chi connectivity index (χ4n) is 3.34. The van der Waals surface area contributed by atoms with Crippen molar-refractivity contribution in [1.29, 1.82) is 0 Å². The van der Waals surface area contributed by atoms with Crippen LogP contribution in [0.4, 0.5) is 5.69 Å². The van der Waals surface area contributed by atoms with E-state index in [-0.39, 0.29) is 11.5 Å². The lowest BCUT2D eigenvalue weighted by atomic mass is 10.2. The maximum absolute atomic E-state index is 12.7. The highest BCUT2D eigenvalue weighted by Gasteiger charge is 2.11. The van der Waals surface area contributed by atoms with Gasteiger partial charge >= 0.3 is 0 Å². The zero-order chi connectivity index (χ0) is 23.2. The third-order valence-electron chi connectivity index (χ3n) is 4.79. The van der Waals surface area contributed by atoms with Crippen LogP contribution in [0.3, 0.4) is 0 Å². The molecular weight excluding hydrogens is 434 g/mol. The second kappa shape index (κ2) is 10.3. The normalized spacial score (nSPS) is 11.5. The molecule has 0 fully saturated rings. The topological polar surface area (TPSA) is 81.3 Å². The number of amides is 1. The van der Waals surface area contributed by atoms with E-state index in [1.165, 1.54) is 22.4 Å². The summed E-state index contributed by atoms with van der Waals surface area (Å²) in [6.45, 7) is 4.87. The molecule has 1 N–H and O–H groups in total. The molecule has 0 aliphatic heterocycles. The van der Waals surface area contributed by atoms with Gasteiger partial charge in [0.05, 0.1) is 11.4 Å². The second-order valence-corrected chi connectivity index (χ2v) is 8.99. The number of fused-ring (bicyclic) bond motifs is 1. The number of hydrogen-bond donors (Lipinski definition) is 1. The summed E-state index contributed by atoms with van der Waals surface area (Å²) in [7, 11) is 0. The third kappa shape index (κ3) is 5.78. The zero-order valence-corrected chi connectivity index (χ0v) is 19.3. The predicted molar refractivity (Wildman–Crippen MR) is 132 cm³/mol. The van der Waals surface area contributed by atoms with E-state index in [9.17, 15) is 9.59 Å². The minimum Gasteiger partial charge on any atom is -0.321 e. The van der Waals surface area contributed by atoms with Crippen molar-refractivity contribution in [2.24, 2.45) is 5.92 Å². The van der Waals surface area contributed by atoms with Gasteiger partial charge < -0.3 is 5.32 Å². The number of anilines is 1. The highest BCUT2D eigenvalue weighted by Crippen LogP contribution is 2.29. The largest absolute Gasteiger partial charge is 0.321 e. The molecule has 0 unspecified atom stereocenters. The van der Waals surface area contributed by atoms with Crippen LogP contribution in [0.2, 0.25) is 0 Å². The average Bonchev–Trinajstić information content (AvgIpc) is 3.20. The summed E-state index contributed by atoms with van der Waals surface area (Å²) in [5, 5.41) is 2.93. The Morgan fingerprint density at radius 3 is 2.67 bits per heavy atom. The molecule has 2 aromatic heterocycles. The van der Waals surface area contributed by atoms with Crippen molar-refractivity contribution < 1.29 is 4.79 Å². The highest BCUT2D eigenvalue weighted by molar-refractivity contribution is 7.98. The molecule has 8 heteroatoms. The summed E-state index contributed by atoms with van der Waals surface area (Å²) in [5.74, 6) is 1.06. The van der Waals surface area contributed by atoms with Gasteiger partial charge in [-0.15, -0.1) is 11.8 Å². The van der Waals surface area contributed by atoms with Gasteiger partial charge in [0, 0.05) is 29.3 Å². The minimum atomic E-state index is -0.208. The summed E-state index contributed by atoms with van der Waals surface area (Å²) < 4.78 is 3.29. The summed E-state index contributed by atoms with van der Waals surface area (Å²) in [5.41, 5.74) is 2.16. The Morgan fingerprint density at radius 1 is 1.12 bits per heavy atom.